The van der Waals surface area contributed by atoms with Crippen LogP contribution >= 0.6 is 0 Å². The third-order valence-electron chi connectivity index (χ3n) is 2.61. The van der Waals surface area contributed by atoms with Crippen LogP contribution in [0.2, 0.25) is 0 Å². The molecule has 0 amide bonds. The van der Waals surface area contributed by atoms with E-state index in [2.05, 4.69) is 23.0 Å². The van der Waals surface area contributed by atoms with Gasteiger partial charge in [0, 0.05) is 11.5 Å². The Balaban J connectivity index is 2.18. The van der Waals surface area contributed by atoms with Gasteiger partial charge in [0.2, 0.25) is 0 Å². The zero-order valence-corrected chi connectivity index (χ0v) is 9.34. The van der Waals surface area contributed by atoms with Crippen LogP contribution in [0.4, 0.5) is 5.82 Å². The second-order valence-corrected chi connectivity index (χ2v) is 3.98. The number of hydrogen-bond acceptors (Lipinski definition) is 4. The van der Waals surface area contributed by atoms with Gasteiger partial charge in [0.25, 0.3) is 0 Å². The molecule has 17 heavy (non-hydrogen) atoms. The molecule has 0 saturated heterocycles. The zero-order chi connectivity index (χ0) is 11.8. The van der Waals surface area contributed by atoms with Crippen molar-refractivity contribution < 1.29 is 4.42 Å². The number of benzene rings is 1. The van der Waals surface area contributed by atoms with Gasteiger partial charge in [0.15, 0.2) is 5.76 Å². The van der Waals surface area contributed by atoms with Gasteiger partial charge in [-0.15, -0.1) is 0 Å². The summed E-state index contributed by atoms with van der Waals surface area (Å²) in [5, 5.41) is 1.07. The molecule has 84 valence electrons. The summed E-state index contributed by atoms with van der Waals surface area (Å²) in [6.07, 6.45) is 1.43. The maximum atomic E-state index is 5.72. The molecule has 0 spiro atoms. The van der Waals surface area contributed by atoms with Crippen LogP contribution in [0.3, 0.4) is 0 Å². The van der Waals surface area contributed by atoms with Crippen LogP contribution in [0, 0.1) is 6.92 Å². The van der Waals surface area contributed by atoms with Crippen molar-refractivity contribution in [3.8, 4) is 11.5 Å². The maximum Gasteiger partial charge on any atom is 0.153 e. The Bertz CT molecular complexity index is 688. The average Bonchev–Trinajstić information content (AvgIpc) is 2.72. The fourth-order valence-corrected chi connectivity index (χ4v) is 1.80. The van der Waals surface area contributed by atoms with Crippen molar-refractivity contribution in [2.24, 2.45) is 0 Å². The second kappa shape index (κ2) is 3.59. The highest BCUT2D eigenvalue weighted by molar-refractivity contribution is 5.82. The fourth-order valence-electron chi connectivity index (χ4n) is 1.80. The van der Waals surface area contributed by atoms with Crippen LogP contribution in [0.1, 0.15) is 5.56 Å². The summed E-state index contributed by atoms with van der Waals surface area (Å²) in [5.74, 6) is 1.14. The first-order chi connectivity index (χ1) is 8.22. The van der Waals surface area contributed by atoms with Crippen molar-refractivity contribution in [1.82, 2.24) is 9.97 Å². The Kier molecular flexibility index (Phi) is 2.08. The molecule has 3 rings (SSSR count). The molecule has 2 aromatic heterocycles. The Morgan fingerprint density at radius 3 is 2.82 bits per heavy atom. The SMILES string of the molecule is Cc1ccc2oc(-c3cc(N)ncn3)cc2c1. The van der Waals surface area contributed by atoms with Gasteiger partial charge in [0.05, 0.1) is 0 Å². The molecule has 0 aliphatic carbocycles. The van der Waals surface area contributed by atoms with E-state index < -0.39 is 0 Å². The lowest BCUT2D eigenvalue weighted by molar-refractivity contribution is 0.628. The molecule has 4 heteroatoms. The normalized spacial score (nSPS) is 10.9. The number of furan rings is 1. The smallest absolute Gasteiger partial charge is 0.153 e. The molecule has 0 fully saturated rings. The molecule has 0 aliphatic heterocycles. The quantitative estimate of drug-likeness (QED) is 0.691. The summed E-state index contributed by atoms with van der Waals surface area (Å²) in [6.45, 7) is 2.05. The summed E-state index contributed by atoms with van der Waals surface area (Å²) >= 11 is 0. The lowest BCUT2D eigenvalue weighted by Gasteiger charge is -1.95. The highest BCUT2D eigenvalue weighted by Gasteiger charge is 2.07. The van der Waals surface area contributed by atoms with Crippen LogP contribution in [0.25, 0.3) is 22.4 Å². The molecule has 0 bridgehead atoms. The van der Waals surface area contributed by atoms with Gasteiger partial charge in [-0.3, -0.25) is 0 Å². The van der Waals surface area contributed by atoms with E-state index in [1.165, 1.54) is 11.9 Å². The van der Waals surface area contributed by atoms with E-state index in [1.54, 1.807) is 6.07 Å². The molecule has 0 saturated carbocycles. The first kappa shape index (κ1) is 9.84. The Labute approximate surface area is 98.1 Å². The van der Waals surface area contributed by atoms with Crippen molar-refractivity contribution in [3.63, 3.8) is 0 Å². The molecule has 2 N–H and O–H groups in total. The minimum absolute atomic E-state index is 0.437. The molecule has 0 atom stereocenters. The van der Waals surface area contributed by atoms with Crippen LogP contribution in [0.15, 0.2) is 41.1 Å². The largest absolute Gasteiger partial charge is 0.454 e. The molecular formula is C13H11N3O. The first-order valence-electron chi connectivity index (χ1n) is 5.30. The third-order valence-corrected chi connectivity index (χ3v) is 2.61. The number of aromatic nitrogens is 2. The van der Waals surface area contributed by atoms with Gasteiger partial charge < -0.3 is 10.2 Å². The van der Waals surface area contributed by atoms with Gasteiger partial charge in [0.1, 0.15) is 23.4 Å². The third kappa shape index (κ3) is 1.73. The number of rotatable bonds is 1. The Hall–Kier alpha value is -2.36. The molecular weight excluding hydrogens is 214 g/mol. The number of nitrogens with two attached hydrogens (primary N) is 1. The number of nitrogen functional groups attached to an aromatic ring is 1. The first-order valence-corrected chi connectivity index (χ1v) is 5.30. The van der Waals surface area contributed by atoms with Crippen LogP contribution in [-0.2, 0) is 0 Å². The number of hydrogen-bond donors (Lipinski definition) is 1. The molecule has 0 unspecified atom stereocenters. The number of anilines is 1. The molecule has 3 aromatic rings. The van der Waals surface area contributed by atoms with E-state index in [0.717, 1.165) is 11.0 Å². The second-order valence-electron chi connectivity index (χ2n) is 3.98. The topological polar surface area (TPSA) is 64.9 Å². The highest BCUT2D eigenvalue weighted by atomic mass is 16.3. The van der Waals surface area contributed by atoms with Crippen molar-refractivity contribution in [2.45, 2.75) is 6.92 Å². The molecule has 4 nitrogen and oxygen atoms in total. The number of fused-ring (bicyclic) bond motifs is 1. The summed E-state index contributed by atoms with van der Waals surface area (Å²) in [4.78, 5) is 8.00. The van der Waals surface area contributed by atoms with E-state index in [4.69, 9.17) is 10.2 Å². The lowest BCUT2D eigenvalue weighted by Crippen LogP contribution is -1.91. The predicted octanol–water partition coefficient (Wildman–Crippen LogP) is 2.78. The van der Waals surface area contributed by atoms with E-state index in [-0.39, 0.29) is 0 Å². The Morgan fingerprint density at radius 1 is 1.12 bits per heavy atom. The van der Waals surface area contributed by atoms with Gasteiger partial charge >= 0.3 is 0 Å². The fraction of sp³-hybridized carbons (Fsp3) is 0.0769. The average molecular weight is 225 g/mol. The van der Waals surface area contributed by atoms with Crippen molar-refractivity contribution in [2.75, 3.05) is 5.73 Å². The molecule has 0 aliphatic rings. The Morgan fingerprint density at radius 2 is 2.00 bits per heavy atom. The van der Waals surface area contributed by atoms with Crippen molar-refractivity contribution >= 4 is 16.8 Å². The molecule has 1 aromatic carbocycles. The standard InChI is InChI=1S/C13H11N3O/c1-8-2-3-11-9(4-8)5-12(17-11)10-6-13(14)16-7-15-10/h2-7H,1H3,(H2,14,15,16). The van der Waals surface area contributed by atoms with E-state index in [1.807, 2.05) is 18.2 Å². The minimum atomic E-state index is 0.437. The van der Waals surface area contributed by atoms with Crippen molar-refractivity contribution in [3.05, 3.63) is 42.2 Å². The van der Waals surface area contributed by atoms with E-state index in [9.17, 15) is 0 Å². The maximum absolute atomic E-state index is 5.72. The predicted molar refractivity (Wildman–Crippen MR) is 66.4 cm³/mol. The van der Waals surface area contributed by atoms with E-state index >= 15 is 0 Å². The van der Waals surface area contributed by atoms with Gasteiger partial charge in [-0.05, 0) is 25.1 Å². The molecule has 0 radical (unpaired) electrons. The van der Waals surface area contributed by atoms with Crippen molar-refractivity contribution in [1.29, 1.82) is 0 Å². The van der Waals surface area contributed by atoms with Crippen LogP contribution < -0.4 is 5.73 Å². The van der Waals surface area contributed by atoms with Gasteiger partial charge in [-0.2, -0.15) is 0 Å². The minimum Gasteiger partial charge on any atom is -0.454 e. The van der Waals surface area contributed by atoms with Gasteiger partial charge in [-0.1, -0.05) is 11.6 Å². The molecule has 2 heterocycles. The van der Waals surface area contributed by atoms with Crippen LogP contribution in [0.5, 0.6) is 0 Å². The number of nitrogens with zero attached hydrogens (tertiary/aromatic N) is 2. The zero-order valence-electron chi connectivity index (χ0n) is 9.34. The van der Waals surface area contributed by atoms with E-state index in [0.29, 0.717) is 17.3 Å². The lowest BCUT2D eigenvalue weighted by atomic mass is 10.2. The summed E-state index contributed by atoms with van der Waals surface area (Å²) < 4.78 is 5.72. The summed E-state index contributed by atoms with van der Waals surface area (Å²) in [6, 6.07) is 9.71. The highest BCUT2D eigenvalue weighted by Crippen LogP contribution is 2.27. The van der Waals surface area contributed by atoms with Gasteiger partial charge in [-0.25, -0.2) is 9.97 Å². The summed E-state index contributed by atoms with van der Waals surface area (Å²) in [7, 11) is 0. The monoisotopic (exact) mass is 225 g/mol. The number of aryl methyl sites for hydroxylation is 1. The van der Waals surface area contributed by atoms with Crippen LogP contribution in [-0.4, -0.2) is 9.97 Å². The summed E-state index contributed by atoms with van der Waals surface area (Å²) in [5.41, 5.74) is 8.37.